The summed E-state index contributed by atoms with van der Waals surface area (Å²) in [6, 6.07) is 12.7. The number of imidazole rings is 1. The number of hydrogen-bond donors (Lipinski definition) is 1. The van der Waals surface area contributed by atoms with E-state index in [1.165, 1.54) is 18.5 Å². The van der Waals surface area contributed by atoms with Crippen LogP contribution in [0.3, 0.4) is 0 Å². The van der Waals surface area contributed by atoms with E-state index in [0.29, 0.717) is 182 Å². The fourth-order valence-electron chi connectivity index (χ4n) is 12.6. The summed E-state index contributed by atoms with van der Waals surface area (Å²) in [7, 11) is 0. The molecular weight excluding hydrogens is 1260 g/mol. The number of rotatable bonds is 52. The van der Waals surface area contributed by atoms with Crippen LogP contribution in [0.1, 0.15) is 98.8 Å². The number of hydrogen-bond acceptors (Lipinski definition) is 21. The van der Waals surface area contributed by atoms with Gasteiger partial charge in [0.2, 0.25) is 17.6 Å². The highest BCUT2D eigenvalue weighted by Gasteiger charge is 2.43. The average molecular weight is 1360 g/mol. The van der Waals surface area contributed by atoms with Gasteiger partial charge in [-0.3, -0.25) is 19.3 Å². The number of likely N-dealkylation sites (tertiary alicyclic amines) is 1. The van der Waals surface area contributed by atoms with Crippen LogP contribution in [0.5, 0.6) is 5.75 Å². The minimum Gasteiger partial charge on any atom is -0.420 e. The highest BCUT2D eigenvalue weighted by Crippen LogP contribution is 2.43. The minimum atomic E-state index is -1.30. The molecule has 2 amide bonds. The molecule has 25 nitrogen and oxygen atoms in total. The molecule has 2 aromatic heterocycles. The van der Waals surface area contributed by atoms with Gasteiger partial charge in [0.1, 0.15) is 11.6 Å². The summed E-state index contributed by atoms with van der Waals surface area (Å²) in [5.74, 6) is -4.17. The zero-order valence-electron chi connectivity index (χ0n) is 56.2. The molecule has 536 valence electrons. The highest BCUT2D eigenvalue weighted by molar-refractivity contribution is 5.80. The number of amides is 2. The summed E-state index contributed by atoms with van der Waals surface area (Å²) < 4.78 is 115. The molecular formula is C68H102F3N9O16. The van der Waals surface area contributed by atoms with E-state index in [2.05, 4.69) is 58.7 Å². The molecule has 0 spiro atoms. The van der Waals surface area contributed by atoms with Gasteiger partial charge in [-0.2, -0.15) is 0 Å². The van der Waals surface area contributed by atoms with Crippen molar-refractivity contribution in [2.24, 2.45) is 5.92 Å². The summed E-state index contributed by atoms with van der Waals surface area (Å²) in [4.78, 5) is 49.8. The molecule has 8 rings (SSSR count). The van der Waals surface area contributed by atoms with Gasteiger partial charge in [-0.1, -0.05) is 35.5 Å². The second-order valence-electron chi connectivity index (χ2n) is 24.3. The summed E-state index contributed by atoms with van der Waals surface area (Å²) in [5.41, 5.74) is 4.55. The first-order valence-corrected chi connectivity index (χ1v) is 34.3. The van der Waals surface area contributed by atoms with Crippen molar-refractivity contribution in [2.75, 3.05) is 191 Å². The molecule has 28 heteroatoms. The van der Waals surface area contributed by atoms with Crippen LogP contribution in [-0.4, -0.2) is 260 Å². The standard InChI is InChI=1S/C68H102F3N9O16/c1-52-72-64-51-77(17-14-65(64)80(52)60-46-58-11-12-59(47-60)79(58)18-13-63(73-53(2)81)54-8-4-3-5-9-54)68(83)55-48-76(49-55)16-7-6-10-57-50-78(75-74-57)19-21-85-23-25-87-27-29-89-31-33-91-35-37-93-39-41-95-43-42-94-40-38-92-36-34-90-32-30-88-28-26-86-24-22-84-20-15-66(82)96-67-61(70)44-56(69)45-62(67)71/h3-5,8-9,44-45,50,55,58-60,63H,6-7,10-43,46-49,51H2,1-2H3,(H,73,81)/t58?,59?,60?,63-/m0/s1. The highest BCUT2D eigenvalue weighted by atomic mass is 19.1. The van der Waals surface area contributed by atoms with Crippen molar-refractivity contribution in [3.05, 3.63) is 94.6 Å². The Hall–Kier alpha value is -5.57. The quantitative estimate of drug-likeness (QED) is 0.0318. The second-order valence-corrected chi connectivity index (χ2v) is 24.3. The first kappa shape index (κ1) is 76.2. The van der Waals surface area contributed by atoms with E-state index >= 15 is 0 Å². The lowest BCUT2D eigenvalue weighted by atomic mass is 9.94. The maximum atomic E-state index is 13.7. The van der Waals surface area contributed by atoms with Crippen LogP contribution in [0.4, 0.5) is 13.2 Å². The predicted octanol–water partition coefficient (Wildman–Crippen LogP) is 5.67. The third kappa shape index (κ3) is 26.9. The monoisotopic (exact) mass is 1360 g/mol. The molecule has 3 fully saturated rings. The zero-order valence-corrected chi connectivity index (χ0v) is 56.2. The lowest BCUT2D eigenvalue weighted by Gasteiger charge is -2.42. The Bertz CT molecular complexity index is 2820. The Morgan fingerprint density at radius 2 is 1.11 bits per heavy atom. The molecule has 0 aliphatic carbocycles. The van der Waals surface area contributed by atoms with Crippen LogP contribution in [0.15, 0.2) is 48.7 Å². The van der Waals surface area contributed by atoms with E-state index in [9.17, 15) is 27.6 Å². The molecule has 1 N–H and O–H groups in total. The number of nitrogens with one attached hydrogen (secondary N) is 1. The first-order chi connectivity index (χ1) is 47.0. The molecule has 4 aromatic rings. The molecule has 0 radical (unpaired) electrons. The number of carbonyl (C=O) groups is 3. The summed E-state index contributed by atoms with van der Waals surface area (Å²) in [5, 5.41) is 11.8. The number of halogens is 3. The minimum absolute atomic E-state index is 0.00941. The van der Waals surface area contributed by atoms with Gasteiger partial charge in [-0.05, 0) is 70.4 Å². The Labute approximate surface area is 562 Å². The maximum Gasteiger partial charge on any atom is 0.313 e. The normalized spacial score (nSPS) is 17.7. The number of esters is 1. The topological polar surface area (TPSA) is 241 Å². The Morgan fingerprint density at radius 3 is 1.62 bits per heavy atom. The van der Waals surface area contributed by atoms with Gasteiger partial charge in [-0.25, -0.2) is 22.8 Å². The van der Waals surface area contributed by atoms with Crippen molar-refractivity contribution < 1.29 is 89.1 Å². The van der Waals surface area contributed by atoms with Crippen LogP contribution >= 0.6 is 0 Å². The van der Waals surface area contributed by atoms with Gasteiger partial charge in [0, 0.05) is 81.7 Å². The fraction of sp³-hybridized carbons (Fsp3) is 0.706. The van der Waals surface area contributed by atoms with Gasteiger partial charge in [0.15, 0.2) is 11.6 Å². The molecule has 6 heterocycles. The first-order valence-electron chi connectivity index (χ1n) is 34.3. The molecule has 96 heavy (non-hydrogen) atoms. The third-order valence-corrected chi connectivity index (χ3v) is 17.3. The smallest absolute Gasteiger partial charge is 0.313 e. The lowest BCUT2D eigenvalue weighted by Crippen LogP contribution is -2.55. The number of ether oxygens (including phenoxy) is 13. The molecule has 4 aliphatic rings. The number of benzene rings is 2. The Kier molecular flexibility index (Phi) is 34.7. The SMILES string of the molecule is CC(=O)N[C@@H](CCN1C2CCC1CC(n1c(C)nc3c1CCN(C(=O)C1CN(CCCCc4cn(CCOCCOCCOCCOCCOCCOCCOCCOCCOCCOCCOCCOCCC(=O)Oc5c(F)cc(F)cc5F)nn4)C1)C3)C2)c1ccccc1. The van der Waals surface area contributed by atoms with Crippen molar-refractivity contribution in [3.8, 4) is 5.75 Å². The van der Waals surface area contributed by atoms with Gasteiger partial charge < -0.3 is 81.3 Å². The van der Waals surface area contributed by atoms with Crippen LogP contribution in [0, 0.1) is 30.3 Å². The van der Waals surface area contributed by atoms with E-state index in [0.717, 1.165) is 100 Å². The molecule has 2 unspecified atom stereocenters. The number of fused-ring (bicyclic) bond motifs is 3. The Morgan fingerprint density at radius 1 is 0.615 bits per heavy atom. The fourth-order valence-corrected chi connectivity index (χ4v) is 12.6. The van der Waals surface area contributed by atoms with Crippen molar-refractivity contribution in [3.63, 3.8) is 0 Å². The van der Waals surface area contributed by atoms with Crippen molar-refractivity contribution in [2.45, 2.75) is 115 Å². The van der Waals surface area contributed by atoms with E-state index in [-0.39, 0.29) is 50.0 Å². The Balaban J connectivity index is 0.509. The summed E-state index contributed by atoms with van der Waals surface area (Å²) in [6.07, 6.45) is 11.1. The number of piperidine rings is 1. The number of unbranched alkanes of at least 4 members (excludes halogenated alkanes) is 1. The van der Waals surface area contributed by atoms with E-state index in [1.54, 1.807) is 6.92 Å². The van der Waals surface area contributed by atoms with Gasteiger partial charge in [-0.15, -0.1) is 5.10 Å². The average Bonchev–Trinajstić information content (AvgIpc) is 1.60. The van der Waals surface area contributed by atoms with Gasteiger partial charge in [0.25, 0.3) is 0 Å². The third-order valence-electron chi connectivity index (χ3n) is 17.3. The van der Waals surface area contributed by atoms with Gasteiger partial charge in [0.05, 0.1) is 201 Å². The molecule has 2 bridgehead atoms. The van der Waals surface area contributed by atoms with Gasteiger partial charge >= 0.3 is 5.97 Å². The van der Waals surface area contributed by atoms with Crippen molar-refractivity contribution >= 4 is 17.8 Å². The van der Waals surface area contributed by atoms with E-state index in [1.807, 2.05) is 29.1 Å². The number of aromatic nitrogens is 5. The van der Waals surface area contributed by atoms with Crippen molar-refractivity contribution in [1.29, 1.82) is 0 Å². The predicted molar refractivity (Wildman–Crippen MR) is 345 cm³/mol. The summed E-state index contributed by atoms with van der Waals surface area (Å²) >= 11 is 0. The second kappa shape index (κ2) is 43.8. The molecule has 0 saturated carbocycles. The number of nitrogens with zero attached hydrogens (tertiary/aromatic N) is 8. The zero-order chi connectivity index (χ0) is 67.4. The molecule has 3 atom stereocenters. The van der Waals surface area contributed by atoms with Crippen molar-refractivity contribution in [1.82, 2.24) is 44.6 Å². The summed E-state index contributed by atoms with van der Waals surface area (Å²) in [6.45, 7) is 19.0. The van der Waals surface area contributed by atoms with Crippen LogP contribution < -0.4 is 10.1 Å². The van der Waals surface area contributed by atoms with E-state index < -0.39 is 29.2 Å². The molecule has 3 saturated heterocycles. The largest absolute Gasteiger partial charge is 0.420 e. The maximum absolute atomic E-state index is 13.7. The number of carbonyl (C=O) groups excluding carboxylic acids is 3. The molecule has 2 aromatic carbocycles. The number of aryl methyl sites for hydroxylation is 2. The van der Waals surface area contributed by atoms with Crippen LogP contribution in [-0.2, 0) is 97.2 Å². The van der Waals surface area contributed by atoms with Crippen LogP contribution in [0.2, 0.25) is 0 Å². The lowest BCUT2D eigenvalue weighted by molar-refractivity contribution is -0.142. The van der Waals surface area contributed by atoms with E-state index in [4.69, 9.17) is 61.8 Å². The van der Waals surface area contributed by atoms with Crippen LogP contribution in [0.25, 0.3) is 0 Å². The molecule has 4 aliphatic heterocycles.